The van der Waals surface area contributed by atoms with Gasteiger partial charge in [0.15, 0.2) is 17.2 Å². The number of aliphatic imine (C=N–C) groups is 1. The normalized spacial score (nSPS) is 14.2. The van der Waals surface area contributed by atoms with E-state index in [1.807, 2.05) is 0 Å². The topological polar surface area (TPSA) is 57.1 Å². The molecule has 0 unspecified atom stereocenters. The summed E-state index contributed by atoms with van der Waals surface area (Å²) in [7, 11) is 0. The van der Waals surface area contributed by atoms with Crippen LogP contribution in [0, 0.1) is 11.6 Å². The molecule has 8 heteroatoms. The number of carbonyl (C=O) groups is 1. The first-order chi connectivity index (χ1) is 16.0. The van der Waals surface area contributed by atoms with Crippen LogP contribution < -0.4 is 9.47 Å². The van der Waals surface area contributed by atoms with Gasteiger partial charge in [-0.25, -0.2) is 18.6 Å². The fourth-order valence-electron chi connectivity index (χ4n) is 3.16. The van der Waals surface area contributed by atoms with Crippen LogP contribution >= 0.6 is 11.6 Å². The van der Waals surface area contributed by atoms with Crippen molar-refractivity contribution in [3.8, 4) is 11.5 Å². The van der Waals surface area contributed by atoms with Gasteiger partial charge in [-0.05, 0) is 48.9 Å². The van der Waals surface area contributed by atoms with Crippen LogP contribution in [0.15, 0.2) is 71.4 Å². The number of ether oxygens (including phenoxy) is 3. The smallest absolute Gasteiger partial charge is 0.363 e. The molecular weight excluding hydrogens is 452 g/mol. The van der Waals surface area contributed by atoms with Gasteiger partial charge in [0.05, 0.1) is 17.2 Å². The molecule has 1 aliphatic rings. The zero-order valence-electron chi connectivity index (χ0n) is 17.5. The van der Waals surface area contributed by atoms with Crippen molar-refractivity contribution >= 4 is 29.5 Å². The Morgan fingerprint density at radius 2 is 1.76 bits per heavy atom. The number of hydrogen-bond acceptors (Lipinski definition) is 5. The summed E-state index contributed by atoms with van der Waals surface area (Å²) in [6.07, 6.45) is 1.45. The molecule has 4 rings (SSSR count). The number of cyclic esters (lactones) is 1. The first-order valence-corrected chi connectivity index (χ1v) is 10.4. The molecule has 5 nitrogen and oxygen atoms in total. The number of carbonyl (C=O) groups excluding carboxylic acids is 1. The van der Waals surface area contributed by atoms with E-state index in [0.717, 1.165) is 0 Å². The molecule has 3 aromatic carbocycles. The number of rotatable bonds is 7. The molecule has 1 aliphatic heterocycles. The first-order valence-electron chi connectivity index (χ1n) is 10.1. The van der Waals surface area contributed by atoms with Crippen molar-refractivity contribution in [3.05, 3.63) is 99.7 Å². The summed E-state index contributed by atoms with van der Waals surface area (Å²) in [5.41, 5.74) is 0.920. The molecule has 0 saturated heterocycles. The Balaban J connectivity index is 1.63. The van der Waals surface area contributed by atoms with E-state index < -0.39 is 17.6 Å². The predicted molar refractivity (Wildman–Crippen MR) is 120 cm³/mol. The number of nitrogens with zero attached hydrogens (tertiary/aromatic N) is 1. The highest BCUT2D eigenvalue weighted by molar-refractivity contribution is 6.32. The lowest BCUT2D eigenvalue weighted by atomic mass is 10.1. The van der Waals surface area contributed by atoms with Crippen LogP contribution in [0.25, 0.3) is 6.08 Å². The van der Waals surface area contributed by atoms with Crippen molar-refractivity contribution < 1.29 is 27.8 Å². The number of hydrogen-bond donors (Lipinski definition) is 0. The molecule has 0 aromatic heterocycles. The number of halogens is 3. The van der Waals surface area contributed by atoms with E-state index in [9.17, 15) is 13.6 Å². The standard InChI is InChI=1S/C25H18ClF2NO4/c1-2-31-22-13-15(11-18(26)23(22)32-14-16-7-3-5-9-19(16)27)12-21-25(30)33-24(29-21)17-8-4-6-10-20(17)28/h3-13H,2,14H2,1H3/b21-12-. The Labute approximate surface area is 193 Å². The van der Waals surface area contributed by atoms with Gasteiger partial charge in [0, 0.05) is 5.56 Å². The molecule has 0 bridgehead atoms. The zero-order valence-corrected chi connectivity index (χ0v) is 18.2. The highest BCUT2D eigenvalue weighted by atomic mass is 35.5. The molecule has 168 valence electrons. The molecule has 1 heterocycles. The van der Waals surface area contributed by atoms with Gasteiger partial charge < -0.3 is 14.2 Å². The molecule has 0 spiro atoms. The van der Waals surface area contributed by atoms with E-state index in [0.29, 0.717) is 23.5 Å². The quantitative estimate of drug-likeness (QED) is 0.317. The van der Waals surface area contributed by atoms with Crippen molar-refractivity contribution in [3.63, 3.8) is 0 Å². The zero-order chi connectivity index (χ0) is 23.4. The maximum atomic E-state index is 14.0. The molecule has 0 aliphatic carbocycles. The van der Waals surface area contributed by atoms with Crippen LogP contribution in [0.3, 0.4) is 0 Å². The van der Waals surface area contributed by atoms with Gasteiger partial charge in [-0.1, -0.05) is 41.9 Å². The highest BCUT2D eigenvalue weighted by Gasteiger charge is 2.26. The van der Waals surface area contributed by atoms with Gasteiger partial charge >= 0.3 is 5.97 Å². The van der Waals surface area contributed by atoms with Crippen LogP contribution in [-0.4, -0.2) is 18.5 Å². The average Bonchev–Trinajstić information content (AvgIpc) is 3.14. The second-order valence-electron chi connectivity index (χ2n) is 6.96. The van der Waals surface area contributed by atoms with Crippen molar-refractivity contribution in [1.82, 2.24) is 0 Å². The Kier molecular flexibility index (Phi) is 6.70. The van der Waals surface area contributed by atoms with E-state index in [1.54, 1.807) is 43.3 Å². The van der Waals surface area contributed by atoms with Gasteiger partial charge in [0.2, 0.25) is 5.90 Å². The minimum atomic E-state index is -0.720. The monoisotopic (exact) mass is 469 g/mol. The lowest BCUT2D eigenvalue weighted by Crippen LogP contribution is -2.07. The second kappa shape index (κ2) is 9.83. The molecule has 0 N–H and O–H groups in total. The first kappa shape index (κ1) is 22.5. The van der Waals surface area contributed by atoms with E-state index >= 15 is 0 Å². The van der Waals surface area contributed by atoms with Gasteiger partial charge in [0.1, 0.15) is 18.2 Å². The maximum Gasteiger partial charge on any atom is 0.363 e. The maximum absolute atomic E-state index is 14.0. The fourth-order valence-corrected chi connectivity index (χ4v) is 3.43. The van der Waals surface area contributed by atoms with E-state index in [4.69, 9.17) is 25.8 Å². The van der Waals surface area contributed by atoms with Gasteiger partial charge in [0.25, 0.3) is 0 Å². The Morgan fingerprint density at radius 1 is 1.03 bits per heavy atom. The molecule has 3 aromatic rings. The summed E-state index contributed by atoms with van der Waals surface area (Å²) in [4.78, 5) is 16.4. The Morgan fingerprint density at radius 3 is 2.48 bits per heavy atom. The van der Waals surface area contributed by atoms with E-state index in [-0.39, 0.29) is 34.5 Å². The Bertz CT molecular complexity index is 1270. The van der Waals surface area contributed by atoms with Crippen molar-refractivity contribution in [2.75, 3.05) is 6.61 Å². The SMILES string of the molecule is CCOc1cc(/C=C2\N=C(c3ccccc3F)OC2=O)cc(Cl)c1OCc1ccccc1F. The summed E-state index contributed by atoms with van der Waals surface area (Å²) in [6.45, 7) is 2.07. The third-order valence-corrected chi connectivity index (χ3v) is 4.97. The van der Waals surface area contributed by atoms with Gasteiger partial charge in [-0.3, -0.25) is 0 Å². The largest absolute Gasteiger partial charge is 0.490 e. The fraction of sp³-hybridized carbons (Fsp3) is 0.120. The minimum Gasteiger partial charge on any atom is -0.490 e. The van der Waals surface area contributed by atoms with Gasteiger partial charge in [-0.15, -0.1) is 0 Å². The van der Waals surface area contributed by atoms with Crippen molar-refractivity contribution in [2.24, 2.45) is 4.99 Å². The predicted octanol–water partition coefficient (Wildman–Crippen LogP) is 5.94. The molecular formula is C25H18ClF2NO4. The molecule has 33 heavy (non-hydrogen) atoms. The van der Waals surface area contributed by atoms with Crippen LogP contribution in [0.2, 0.25) is 5.02 Å². The molecule has 0 saturated carbocycles. The van der Waals surface area contributed by atoms with E-state index in [1.165, 1.54) is 30.3 Å². The molecule has 0 amide bonds. The number of benzene rings is 3. The van der Waals surface area contributed by atoms with Crippen molar-refractivity contribution in [1.29, 1.82) is 0 Å². The summed E-state index contributed by atoms with van der Waals surface area (Å²) in [5, 5.41) is 0.203. The Hall–Kier alpha value is -3.71. The van der Waals surface area contributed by atoms with Crippen LogP contribution in [0.4, 0.5) is 8.78 Å². The minimum absolute atomic E-state index is 0.0215. The van der Waals surface area contributed by atoms with Crippen LogP contribution in [0.1, 0.15) is 23.6 Å². The third-order valence-electron chi connectivity index (χ3n) is 4.69. The average molecular weight is 470 g/mol. The van der Waals surface area contributed by atoms with Crippen LogP contribution in [-0.2, 0) is 16.1 Å². The van der Waals surface area contributed by atoms with E-state index in [2.05, 4.69) is 4.99 Å². The van der Waals surface area contributed by atoms with Crippen LogP contribution in [0.5, 0.6) is 11.5 Å². The van der Waals surface area contributed by atoms with Crippen molar-refractivity contribution in [2.45, 2.75) is 13.5 Å². The second-order valence-corrected chi connectivity index (χ2v) is 7.37. The lowest BCUT2D eigenvalue weighted by Gasteiger charge is -2.15. The summed E-state index contributed by atoms with van der Waals surface area (Å²) in [6, 6.07) is 15.3. The van der Waals surface area contributed by atoms with Gasteiger partial charge in [-0.2, -0.15) is 0 Å². The summed E-state index contributed by atoms with van der Waals surface area (Å²) in [5.74, 6) is -1.22. The highest BCUT2D eigenvalue weighted by Crippen LogP contribution is 2.38. The third kappa shape index (κ3) is 5.04. The molecule has 0 atom stereocenters. The molecule has 0 radical (unpaired) electrons. The number of esters is 1. The summed E-state index contributed by atoms with van der Waals surface area (Å²) < 4.78 is 44.4. The lowest BCUT2D eigenvalue weighted by molar-refractivity contribution is -0.129. The molecule has 0 fully saturated rings. The summed E-state index contributed by atoms with van der Waals surface area (Å²) >= 11 is 6.41.